The number of ether oxygens (including phenoxy) is 2. The molecular formula is C7H9F3N4O2. The quantitative estimate of drug-likeness (QED) is 0.850. The maximum atomic E-state index is 11.9. The molecule has 0 aliphatic rings. The van der Waals surface area contributed by atoms with Gasteiger partial charge in [-0.2, -0.15) is 9.97 Å². The molecule has 1 N–H and O–H groups in total. The lowest BCUT2D eigenvalue weighted by Gasteiger charge is -2.09. The smallest absolute Gasteiger partial charge is 0.464 e. The van der Waals surface area contributed by atoms with E-state index < -0.39 is 12.4 Å². The number of aromatic nitrogens is 3. The normalized spacial score (nSPS) is 11.1. The third-order valence-electron chi connectivity index (χ3n) is 1.30. The highest BCUT2D eigenvalue weighted by Gasteiger charge is 2.33. The first kappa shape index (κ1) is 12.3. The highest BCUT2D eigenvalue weighted by atomic mass is 19.4. The third kappa shape index (κ3) is 3.75. The summed E-state index contributed by atoms with van der Waals surface area (Å²) in [5, 5.41) is 2.46. The molecule has 1 heterocycles. The van der Waals surface area contributed by atoms with Gasteiger partial charge in [0, 0.05) is 7.05 Å². The Hall–Kier alpha value is -1.80. The van der Waals surface area contributed by atoms with Crippen LogP contribution in [-0.4, -0.2) is 35.0 Å². The van der Waals surface area contributed by atoms with E-state index in [2.05, 4.69) is 25.0 Å². The molecule has 9 heteroatoms. The molecule has 0 bridgehead atoms. The summed E-state index contributed by atoms with van der Waals surface area (Å²) in [6.07, 6.45) is -4.85. The Morgan fingerprint density at radius 2 is 1.81 bits per heavy atom. The number of nitrogens with one attached hydrogen (secondary N) is 1. The minimum Gasteiger partial charge on any atom is -0.464 e. The van der Waals surface area contributed by atoms with E-state index in [4.69, 9.17) is 4.74 Å². The monoisotopic (exact) mass is 238 g/mol. The average Bonchev–Trinajstić information content (AvgIpc) is 2.15. The van der Waals surface area contributed by atoms with Crippen LogP contribution in [0.2, 0.25) is 0 Å². The zero-order valence-corrected chi connectivity index (χ0v) is 8.50. The van der Waals surface area contributed by atoms with Crippen molar-refractivity contribution in [3.8, 4) is 12.0 Å². The first-order chi connectivity index (χ1) is 7.44. The van der Waals surface area contributed by atoms with E-state index in [1.165, 1.54) is 7.05 Å². The lowest BCUT2D eigenvalue weighted by molar-refractivity contribution is -0.277. The second-order valence-electron chi connectivity index (χ2n) is 2.45. The number of hydrogen-bond donors (Lipinski definition) is 1. The molecule has 0 aliphatic heterocycles. The fraction of sp³-hybridized carbons (Fsp3) is 0.571. The second kappa shape index (κ2) is 4.81. The van der Waals surface area contributed by atoms with Gasteiger partial charge in [-0.15, -0.1) is 18.2 Å². The topological polar surface area (TPSA) is 69.2 Å². The first-order valence-electron chi connectivity index (χ1n) is 4.27. The molecule has 0 aliphatic carbocycles. The number of hydrogen-bond acceptors (Lipinski definition) is 6. The van der Waals surface area contributed by atoms with Crippen LogP contribution in [0.4, 0.5) is 19.1 Å². The standard InChI is InChI=1S/C7H9F3N4O2/c1-3-15-5-12-4(11-2)13-6(14-5)16-7(8,9)10/h3H2,1-2H3,(H,11,12,13,14). The molecule has 1 rings (SSSR count). The van der Waals surface area contributed by atoms with Crippen LogP contribution in [-0.2, 0) is 0 Å². The number of rotatable bonds is 4. The molecule has 0 aromatic carbocycles. The van der Waals surface area contributed by atoms with Gasteiger partial charge in [0.2, 0.25) is 5.95 Å². The molecule has 1 aromatic rings. The molecule has 0 radical (unpaired) electrons. The van der Waals surface area contributed by atoms with Crippen LogP contribution in [0.25, 0.3) is 0 Å². The zero-order valence-electron chi connectivity index (χ0n) is 8.50. The van der Waals surface area contributed by atoms with Crippen LogP contribution in [0.1, 0.15) is 6.92 Å². The van der Waals surface area contributed by atoms with Crippen molar-refractivity contribution in [2.75, 3.05) is 19.0 Å². The van der Waals surface area contributed by atoms with Gasteiger partial charge in [0.15, 0.2) is 0 Å². The molecule has 6 nitrogen and oxygen atoms in total. The molecule has 90 valence electrons. The Labute approximate surface area is 88.8 Å². The summed E-state index contributed by atoms with van der Waals surface area (Å²) >= 11 is 0. The van der Waals surface area contributed by atoms with Gasteiger partial charge < -0.3 is 14.8 Å². The van der Waals surface area contributed by atoms with Crippen LogP contribution in [0.3, 0.4) is 0 Å². The highest BCUT2D eigenvalue weighted by molar-refractivity contribution is 5.26. The minimum atomic E-state index is -4.85. The number of alkyl halides is 3. The van der Waals surface area contributed by atoms with E-state index in [0.29, 0.717) is 0 Å². The maximum Gasteiger partial charge on any atom is 0.575 e. The zero-order chi connectivity index (χ0) is 12.2. The molecule has 0 saturated heterocycles. The summed E-state index contributed by atoms with van der Waals surface area (Å²) in [6, 6.07) is -1.10. The van der Waals surface area contributed by atoms with Crippen LogP contribution >= 0.6 is 0 Å². The van der Waals surface area contributed by atoms with Crippen molar-refractivity contribution in [1.82, 2.24) is 15.0 Å². The Morgan fingerprint density at radius 3 is 2.31 bits per heavy atom. The molecule has 1 aromatic heterocycles. The Kier molecular flexibility index (Phi) is 3.69. The fourth-order valence-corrected chi connectivity index (χ4v) is 0.793. The van der Waals surface area contributed by atoms with Crippen LogP contribution in [0.5, 0.6) is 12.0 Å². The predicted octanol–water partition coefficient (Wildman–Crippen LogP) is 1.21. The van der Waals surface area contributed by atoms with Gasteiger partial charge in [0.05, 0.1) is 6.61 Å². The number of anilines is 1. The van der Waals surface area contributed by atoms with Gasteiger partial charge in [-0.05, 0) is 6.92 Å². The predicted molar refractivity (Wildman–Crippen MR) is 47.2 cm³/mol. The van der Waals surface area contributed by atoms with Crippen molar-refractivity contribution in [3.05, 3.63) is 0 Å². The molecule has 0 fully saturated rings. The summed E-state index contributed by atoms with van der Waals surface area (Å²) in [4.78, 5) is 10.4. The van der Waals surface area contributed by atoms with E-state index in [0.717, 1.165) is 0 Å². The summed E-state index contributed by atoms with van der Waals surface area (Å²) < 4.78 is 44.1. The number of halogens is 3. The van der Waals surface area contributed by atoms with Crippen molar-refractivity contribution >= 4 is 5.95 Å². The highest BCUT2D eigenvalue weighted by Crippen LogP contribution is 2.21. The van der Waals surface area contributed by atoms with Gasteiger partial charge >= 0.3 is 18.4 Å². The van der Waals surface area contributed by atoms with Gasteiger partial charge in [-0.3, -0.25) is 0 Å². The fourth-order valence-electron chi connectivity index (χ4n) is 0.793. The first-order valence-corrected chi connectivity index (χ1v) is 4.27. The largest absolute Gasteiger partial charge is 0.575 e. The molecular weight excluding hydrogens is 229 g/mol. The van der Waals surface area contributed by atoms with E-state index >= 15 is 0 Å². The Balaban J connectivity index is 2.95. The Bertz CT molecular complexity index is 358. The van der Waals surface area contributed by atoms with Crippen LogP contribution < -0.4 is 14.8 Å². The van der Waals surface area contributed by atoms with Crippen LogP contribution in [0.15, 0.2) is 0 Å². The summed E-state index contributed by atoms with van der Waals surface area (Å²) in [5.74, 6) is -0.0716. The molecule has 0 saturated carbocycles. The van der Waals surface area contributed by atoms with Crippen molar-refractivity contribution < 1.29 is 22.6 Å². The van der Waals surface area contributed by atoms with Gasteiger partial charge in [-0.25, -0.2) is 0 Å². The van der Waals surface area contributed by atoms with Gasteiger partial charge in [0.25, 0.3) is 0 Å². The second-order valence-corrected chi connectivity index (χ2v) is 2.45. The van der Waals surface area contributed by atoms with E-state index in [1.807, 2.05) is 0 Å². The SMILES string of the molecule is CCOc1nc(NC)nc(OC(F)(F)F)n1. The van der Waals surface area contributed by atoms with E-state index in [1.54, 1.807) is 6.92 Å². The molecule has 0 spiro atoms. The maximum absolute atomic E-state index is 11.9. The third-order valence-corrected chi connectivity index (χ3v) is 1.30. The molecule has 16 heavy (non-hydrogen) atoms. The van der Waals surface area contributed by atoms with E-state index in [9.17, 15) is 13.2 Å². The van der Waals surface area contributed by atoms with E-state index in [-0.39, 0.29) is 18.6 Å². The van der Waals surface area contributed by atoms with Gasteiger partial charge in [-0.1, -0.05) is 0 Å². The van der Waals surface area contributed by atoms with Gasteiger partial charge in [0.1, 0.15) is 0 Å². The summed E-state index contributed by atoms with van der Waals surface area (Å²) in [7, 11) is 1.45. The molecule has 0 amide bonds. The lowest BCUT2D eigenvalue weighted by Crippen LogP contribution is -2.19. The Morgan fingerprint density at radius 1 is 1.19 bits per heavy atom. The summed E-state index contributed by atoms with van der Waals surface area (Å²) in [6.45, 7) is 1.87. The minimum absolute atomic E-state index is 0.0716. The summed E-state index contributed by atoms with van der Waals surface area (Å²) in [5.41, 5.74) is 0. The molecule has 0 atom stereocenters. The van der Waals surface area contributed by atoms with Crippen molar-refractivity contribution in [2.45, 2.75) is 13.3 Å². The van der Waals surface area contributed by atoms with Crippen LogP contribution in [0, 0.1) is 0 Å². The average molecular weight is 238 g/mol. The van der Waals surface area contributed by atoms with Crippen molar-refractivity contribution in [3.63, 3.8) is 0 Å². The number of nitrogens with zero attached hydrogens (tertiary/aromatic N) is 3. The lowest BCUT2D eigenvalue weighted by atomic mass is 10.8. The van der Waals surface area contributed by atoms with Crippen molar-refractivity contribution in [2.24, 2.45) is 0 Å². The van der Waals surface area contributed by atoms with Crippen molar-refractivity contribution in [1.29, 1.82) is 0 Å². The molecule has 0 unspecified atom stereocenters.